The molecule has 124 valence electrons. The van der Waals surface area contributed by atoms with E-state index in [1.54, 1.807) is 0 Å². The molecule has 0 amide bonds. The van der Waals surface area contributed by atoms with Crippen LogP contribution in [-0.2, 0) is 6.42 Å². The van der Waals surface area contributed by atoms with Gasteiger partial charge in [0.15, 0.2) is 5.96 Å². The van der Waals surface area contributed by atoms with Gasteiger partial charge < -0.3 is 10.6 Å². The summed E-state index contributed by atoms with van der Waals surface area (Å²) < 4.78 is 26.2. The summed E-state index contributed by atoms with van der Waals surface area (Å²) in [7, 11) is 0. The monoisotopic (exact) mass is 423 g/mol. The van der Waals surface area contributed by atoms with E-state index >= 15 is 0 Å². The normalized spacial score (nSPS) is 15.5. The SMILES string of the molecule is CCNC(=NCCc1cc(F)cc(F)c1)NC1CCCC1.I. The summed E-state index contributed by atoms with van der Waals surface area (Å²) in [5.74, 6) is -0.281. The fraction of sp³-hybridized carbons (Fsp3) is 0.562. The summed E-state index contributed by atoms with van der Waals surface area (Å²) in [5.41, 5.74) is 0.632. The van der Waals surface area contributed by atoms with Gasteiger partial charge in [0.1, 0.15) is 11.6 Å². The average Bonchev–Trinajstić information content (AvgIpc) is 2.90. The van der Waals surface area contributed by atoms with E-state index in [1.165, 1.54) is 37.8 Å². The number of aliphatic imine (C=N–C) groups is 1. The van der Waals surface area contributed by atoms with Crippen LogP contribution in [0.5, 0.6) is 0 Å². The van der Waals surface area contributed by atoms with E-state index in [-0.39, 0.29) is 24.0 Å². The number of halogens is 3. The maximum Gasteiger partial charge on any atom is 0.191 e. The molecule has 0 unspecified atom stereocenters. The summed E-state index contributed by atoms with van der Waals surface area (Å²) in [5, 5.41) is 6.63. The van der Waals surface area contributed by atoms with Gasteiger partial charge in [0.2, 0.25) is 0 Å². The third-order valence-corrected chi connectivity index (χ3v) is 3.63. The van der Waals surface area contributed by atoms with Crippen LogP contribution in [0, 0.1) is 11.6 Å². The highest BCUT2D eigenvalue weighted by Gasteiger charge is 2.15. The highest BCUT2D eigenvalue weighted by molar-refractivity contribution is 14.0. The molecule has 1 aliphatic carbocycles. The van der Waals surface area contributed by atoms with Gasteiger partial charge in [-0.15, -0.1) is 24.0 Å². The lowest BCUT2D eigenvalue weighted by Gasteiger charge is -2.16. The van der Waals surface area contributed by atoms with Crippen molar-refractivity contribution in [1.29, 1.82) is 0 Å². The Bertz CT molecular complexity index is 468. The number of guanidine groups is 1. The molecule has 0 heterocycles. The number of nitrogens with one attached hydrogen (secondary N) is 2. The second-order valence-electron chi connectivity index (χ2n) is 5.41. The third-order valence-electron chi connectivity index (χ3n) is 3.63. The molecule has 1 aliphatic rings. The van der Waals surface area contributed by atoms with Crippen LogP contribution in [0.2, 0.25) is 0 Å². The molecule has 0 aromatic heterocycles. The lowest BCUT2D eigenvalue weighted by molar-refractivity contribution is 0.579. The first-order valence-corrected chi connectivity index (χ1v) is 7.67. The number of rotatable bonds is 5. The number of nitrogens with zero attached hydrogens (tertiary/aromatic N) is 1. The maximum atomic E-state index is 13.1. The molecule has 0 saturated heterocycles. The summed E-state index contributed by atoms with van der Waals surface area (Å²) in [6.07, 6.45) is 5.41. The Balaban J connectivity index is 0.00000242. The van der Waals surface area contributed by atoms with Gasteiger partial charge in [-0.2, -0.15) is 0 Å². The van der Waals surface area contributed by atoms with Crippen molar-refractivity contribution in [2.75, 3.05) is 13.1 Å². The molecule has 1 fully saturated rings. The molecule has 1 saturated carbocycles. The molecule has 0 aliphatic heterocycles. The van der Waals surface area contributed by atoms with Gasteiger partial charge in [-0.05, 0) is 43.9 Å². The van der Waals surface area contributed by atoms with Crippen LogP contribution >= 0.6 is 24.0 Å². The quantitative estimate of drug-likeness (QED) is 0.431. The summed E-state index contributed by atoms with van der Waals surface area (Å²) in [6.45, 7) is 3.33. The molecule has 2 rings (SSSR count). The van der Waals surface area contributed by atoms with Crippen molar-refractivity contribution < 1.29 is 8.78 Å². The molecule has 0 spiro atoms. The average molecular weight is 423 g/mol. The topological polar surface area (TPSA) is 36.4 Å². The second-order valence-corrected chi connectivity index (χ2v) is 5.41. The van der Waals surface area contributed by atoms with Gasteiger partial charge in [0.05, 0.1) is 0 Å². The van der Waals surface area contributed by atoms with E-state index < -0.39 is 11.6 Å². The molecule has 0 radical (unpaired) electrons. The summed E-state index contributed by atoms with van der Waals surface area (Å²) >= 11 is 0. The van der Waals surface area contributed by atoms with Crippen LogP contribution in [-0.4, -0.2) is 25.1 Å². The first kappa shape index (κ1) is 19.1. The standard InChI is InChI=1S/C16H23F2N3.HI/c1-2-19-16(21-15-5-3-4-6-15)20-8-7-12-9-13(17)11-14(18)10-12;/h9-11,15H,2-8H2,1H3,(H2,19,20,21);1H. The zero-order valence-electron chi connectivity index (χ0n) is 12.9. The second kappa shape index (κ2) is 9.97. The molecule has 0 bridgehead atoms. The van der Waals surface area contributed by atoms with Crippen LogP contribution in [0.4, 0.5) is 8.78 Å². The Labute approximate surface area is 148 Å². The molecule has 2 N–H and O–H groups in total. The van der Waals surface area contributed by atoms with E-state index in [0.29, 0.717) is 24.6 Å². The van der Waals surface area contributed by atoms with Gasteiger partial charge in [-0.25, -0.2) is 8.78 Å². The zero-order chi connectivity index (χ0) is 15.1. The van der Waals surface area contributed by atoms with E-state index in [1.807, 2.05) is 6.92 Å². The summed E-state index contributed by atoms with van der Waals surface area (Å²) in [6, 6.07) is 4.10. The minimum Gasteiger partial charge on any atom is -0.357 e. The Kier molecular flexibility index (Phi) is 8.67. The van der Waals surface area contributed by atoms with Gasteiger partial charge in [-0.3, -0.25) is 4.99 Å². The van der Waals surface area contributed by atoms with Crippen molar-refractivity contribution in [2.24, 2.45) is 4.99 Å². The Morgan fingerprint density at radius 2 is 1.82 bits per heavy atom. The van der Waals surface area contributed by atoms with Crippen molar-refractivity contribution in [2.45, 2.75) is 45.1 Å². The van der Waals surface area contributed by atoms with Crippen molar-refractivity contribution in [1.82, 2.24) is 10.6 Å². The number of hydrogen-bond donors (Lipinski definition) is 2. The van der Waals surface area contributed by atoms with E-state index in [9.17, 15) is 8.78 Å². The van der Waals surface area contributed by atoms with Crippen molar-refractivity contribution in [3.8, 4) is 0 Å². The van der Waals surface area contributed by atoms with Crippen molar-refractivity contribution >= 4 is 29.9 Å². The minimum absolute atomic E-state index is 0. The molecule has 1 aromatic rings. The fourth-order valence-corrected chi connectivity index (χ4v) is 2.64. The molecule has 6 heteroatoms. The van der Waals surface area contributed by atoms with Gasteiger partial charge in [0, 0.05) is 25.2 Å². The molecule has 3 nitrogen and oxygen atoms in total. The van der Waals surface area contributed by atoms with Crippen molar-refractivity contribution in [3.05, 3.63) is 35.4 Å². The smallest absolute Gasteiger partial charge is 0.191 e. The molecule has 22 heavy (non-hydrogen) atoms. The Morgan fingerprint density at radius 3 is 2.41 bits per heavy atom. The molecule has 1 aromatic carbocycles. The minimum atomic E-state index is -0.537. The third kappa shape index (κ3) is 6.46. The number of hydrogen-bond acceptors (Lipinski definition) is 1. The van der Waals surface area contributed by atoms with Crippen LogP contribution in [0.15, 0.2) is 23.2 Å². The lowest BCUT2D eigenvalue weighted by atomic mass is 10.1. The van der Waals surface area contributed by atoms with Crippen molar-refractivity contribution in [3.63, 3.8) is 0 Å². The predicted octanol–water partition coefficient (Wildman–Crippen LogP) is 3.62. The van der Waals surface area contributed by atoms with Crippen LogP contribution in [0.1, 0.15) is 38.2 Å². The Hall–Kier alpha value is -0.920. The van der Waals surface area contributed by atoms with E-state index in [0.717, 1.165) is 18.6 Å². The number of benzene rings is 1. The van der Waals surface area contributed by atoms with Crippen LogP contribution < -0.4 is 10.6 Å². The molecular formula is C16H24F2IN3. The maximum absolute atomic E-state index is 13.1. The van der Waals surface area contributed by atoms with Gasteiger partial charge in [0.25, 0.3) is 0 Å². The highest BCUT2D eigenvalue weighted by atomic mass is 127. The first-order valence-electron chi connectivity index (χ1n) is 7.67. The van der Waals surface area contributed by atoms with E-state index in [4.69, 9.17) is 0 Å². The predicted molar refractivity (Wildman–Crippen MR) is 96.8 cm³/mol. The molecular weight excluding hydrogens is 399 g/mol. The largest absolute Gasteiger partial charge is 0.357 e. The summed E-state index contributed by atoms with van der Waals surface area (Å²) in [4.78, 5) is 4.48. The lowest BCUT2D eigenvalue weighted by Crippen LogP contribution is -2.42. The zero-order valence-corrected chi connectivity index (χ0v) is 15.2. The Morgan fingerprint density at radius 1 is 1.18 bits per heavy atom. The van der Waals surface area contributed by atoms with Crippen LogP contribution in [0.3, 0.4) is 0 Å². The molecule has 0 atom stereocenters. The fourth-order valence-electron chi connectivity index (χ4n) is 2.64. The van der Waals surface area contributed by atoms with E-state index in [2.05, 4.69) is 15.6 Å². The van der Waals surface area contributed by atoms with Gasteiger partial charge in [-0.1, -0.05) is 12.8 Å². The first-order chi connectivity index (χ1) is 10.2. The van der Waals surface area contributed by atoms with Gasteiger partial charge >= 0.3 is 0 Å². The highest BCUT2D eigenvalue weighted by Crippen LogP contribution is 2.17. The van der Waals surface area contributed by atoms with Crippen LogP contribution in [0.25, 0.3) is 0 Å².